The minimum atomic E-state index is -2.16. The molecule has 0 unspecified atom stereocenters. The molecule has 0 bridgehead atoms. The van der Waals surface area contributed by atoms with Crippen molar-refractivity contribution in [3.8, 4) is 11.5 Å². The highest BCUT2D eigenvalue weighted by atomic mass is 28.4. The second kappa shape index (κ2) is 15.9. The maximum absolute atomic E-state index is 14.0. The zero-order chi connectivity index (χ0) is 35.9. The number of carboxylic acids is 1. The lowest BCUT2D eigenvalue weighted by molar-refractivity contribution is -0.148. The van der Waals surface area contributed by atoms with E-state index >= 15 is 0 Å². The Labute approximate surface area is 285 Å². The van der Waals surface area contributed by atoms with E-state index in [9.17, 15) is 24.3 Å². The molecule has 1 fully saturated rings. The number of methoxy groups -OCH3 is 1. The van der Waals surface area contributed by atoms with Gasteiger partial charge < -0.3 is 29.6 Å². The molecular formula is C35H52N4O8Si. The number of carboxylic acid groups (broad SMARTS) is 1. The molecule has 0 aliphatic carbocycles. The Kier molecular flexibility index (Phi) is 12.7. The van der Waals surface area contributed by atoms with Gasteiger partial charge in [-0.05, 0) is 87.1 Å². The molecule has 1 aliphatic rings. The number of alkyl carbamates (subject to hydrolysis) is 1. The smallest absolute Gasteiger partial charge is 0.408 e. The van der Waals surface area contributed by atoms with Crippen LogP contribution in [0.25, 0.3) is 0 Å². The Morgan fingerprint density at radius 3 is 2.17 bits per heavy atom. The molecule has 1 heterocycles. The highest BCUT2D eigenvalue weighted by Gasteiger charge is 2.39. The van der Waals surface area contributed by atoms with Crippen LogP contribution in [0.5, 0.6) is 11.5 Å². The fourth-order valence-corrected chi connectivity index (χ4v) is 5.88. The van der Waals surface area contributed by atoms with E-state index in [0.717, 1.165) is 11.1 Å². The van der Waals surface area contributed by atoms with E-state index in [1.165, 1.54) is 5.01 Å². The first-order chi connectivity index (χ1) is 22.3. The lowest BCUT2D eigenvalue weighted by Gasteiger charge is -2.36. The van der Waals surface area contributed by atoms with E-state index in [0.29, 0.717) is 24.3 Å². The largest absolute Gasteiger partial charge is 0.543 e. The minimum Gasteiger partial charge on any atom is -0.543 e. The number of aliphatic carboxylic acids is 1. The number of carbonyl (C=O) groups is 4. The Balaban J connectivity index is 1.93. The van der Waals surface area contributed by atoms with Crippen LogP contribution in [0.3, 0.4) is 0 Å². The molecular weight excluding hydrogens is 632 g/mol. The van der Waals surface area contributed by atoms with E-state index < -0.39 is 55.9 Å². The standard InChI is InChI=1S/C35H52N4O8Si/c1-34(2,3)46-33(44)37-28(21-23-15-17-25(45-7)18-16-23)30(40)36-29(31(41)39-19-11-14-27(38-39)32(42)43)22-24-12-10-13-26(20-24)47-48(8,9)35(4,5)6/h10,12-13,15-18,20,27-29,38H,11,14,19,21-22H2,1-9H3,(H,36,40)(H,37,44)(H,42,43)/t27-,28-,29-/m0/s1. The maximum atomic E-state index is 14.0. The average molecular weight is 685 g/mol. The van der Waals surface area contributed by atoms with Crippen LogP contribution in [0, 0.1) is 0 Å². The molecule has 13 heteroatoms. The topological polar surface area (TPSA) is 156 Å². The van der Waals surface area contributed by atoms with Crippen molar-refractivity contribution in [2.24, 2.45) is 0 Å². The van der Waals surface area contributed by atoms with Crippen LogP contribution in [-0.2, 0) is 32.0 Å². The van der Waals surface area contributed by atoms with Crippen LogP contribution in [0.2, 0.25) is 18.1 Å². The highest BCUT2D eigenvalue weighted by molar-refractivity contribution is 6.74. The number of hydrogen-bond acceptors (Lipinski definition) is 8. The summed E-state index contributed by atoms with van der Waals surface area (Å²) in [5.41, 5.74) is 3.48. The monoisotopic (exact) mass is 684 g/mol. The highest BCUT2D eigenvalue weighted by Crippen LogP contribution is 2.37. The van der Waals surface area contributed by atoms with Crippen LogP contribution < -0.4 is 25.2 Å². The first-order valence-electron chi connectivity index (χ1n) is 16.3. The molecule has 2 aromatic rings. The van der Waals surface area contributed by atoms with Gasteiger partial charge in [0.05, 0.1) is 7.11 Å². The van der Waals surface area contributed by atoms with Gasteiger partial charge >= 0.3 is 12.1 Å². The summed E-state index contributed by atoms with van der Waals surface area (Å²) < 4.78 is 17.2. The van der Waals surface area contributed by atoms with E-state index in [1.807, 2.05) is 24.3 Å². The second-order valence-electron chi connectivity index (χ2n) is 14.7. The number of amides is 3. The number of carbonyl (C=O) groups excluding carboxylic acids is 3. The van der Waals surface area contributed by atoms with Crippen LogP contribution in [0.4, 0.5) is 4.79 Å². The second-order valence-corrected chi connectivity index (χ2v) is 19.4. The SMILES string of the molecule is COc1ccc(C[C@H](NC(=O)OC(C)(C)C)C(=O)N[C@@H](Cc2cccc(O[Si](C)(C)C(C)(C)C)c2)C(=O)N2CCC[C@@H](C(=O)O)N2)cc1. The van der Waals surface area contributed by atoms with Gasteiger partial charge in [0.1, 0.15) is 35.2 Å². The fraction of sp³-hybridized carbons (Fsp3) is 0.543. The Bertz CT molecular complexity index is 1440. The summed E-state index contributed by atoms with van der Waals surface area (Å²) in [6.45, 7) is 16.2. The molecule has 1 aliphatic heterocycles. The molecule has 264 valence electrons. The molecule has 3 rings (SSSR count). The third kappa shape index (κ3) is 11.3. The summed E-state index contributed by atoms with van der Waals surface area (Å²) in [4.78, 5) is 52.6. The molecule has 0 spiro atoms. The molecule has 4 N–H and O–H groups in total. The zero-order valence-corrected chi connectivity index (χ0v) is 30.6. The van der Waals surface area contributed by atoms with Crippen LogP contribution in [0.15, 0.2) is 48.5 Å². The van der Waals surface area contributed by atoms with Crippen LogP contribution in [-0.4, -0.2) is 79.7 Å². The predicted octanol–water partition coefficient (Wildman–Crippen LogP) is 4.82. The summed E-state index contributed by atoms with van der Waals surface area (Å²) in [6.07, 6.45) is 0.266. The van der Waals surface area contributed by atoms with Crippen molar-refractivity contribution >= 4 is 32.2 Å². The molecule has 12 nitrogen and oxygen atoms in total. The molecule has 0 radical (unpaired) electrons. The Morgan fingerprint density at radius 2 is 1.58 bits per heavy atom. The lowest BCUT2D eigenvalue weighted by atomic mass is 10.0. The Hall–Kier alpha value is -4.10. The van der Waals surface area contributed by atoms with Crippen molar-refractivity contribution in [2.75, 3.05) is 13.7 Å². The Morgan fingerprint density at radius 1 is 0.938 bits per heavy atom. The van der Waals surface area contributed by atoms with Crippen molar-refractivity contribution in [3.05, 3.63) is 59.7 Å². The van der Waals surface area contributed by atoms with Crippen molar-refractivity contribution in [1.82, 2.24) is 21.1 Å². The maximum Gasteiger partial charge on any atom is 0.408 e. The van der Waals surface area contributed by atoms with Crippen molar-refractivity contribution in [1.29, 1.82) is 0 Å². The molecule has 2 aromatic carbocycles. The zero-order valence-electron chi connectivity index (χ0n) is 29.6. The van der Waals surface area contributed by atoms with E-state index in [1.54, 1.807) is 52.1 Å². The average Bonchev–Trinajstić information content (AvgIpc) is 2.99. The number of ether oxygens (including phenoxy) is 2. The van der Waals surface area contributed by atoms with Crippen LogP contribution >= 0.6 is 0 Å². The van der Waals surface area contributed by atoms with Crippen molar-refractivity contribution in [3.63, 3.8) is 0 Å². The van der Waals surface area contributed by atoms with Gasteiger partial charge in [0.2, 0.25) is 14.2 Å². The van der Waals surface area contributed by atoms with Gasteiger partial charge in [-0.25, -0.2) is 10.2 Å². The molecule has 0 aromatic heterocycles. The number of hydrogen-bond donors (Lipinski definition) is 4. The number of nitrogens with one attached hydrogen (secondary N) is 3. The third-order valence-corrected chi connectivity index (χ3v) is 12.8. The summed E-state index contributed by atoms with van der Waals surface area (Å²) >= 11 is 0. The third-order valence-electron chi connectivity index (χ3n) is 8.49. The summed E-state index contributed by atoms with van der Waals surface area (Å²) in [6, 6.07) is 11.4. The first-order valence-corrected chi connectivity index (χ1v) is 19.2. The minimum absolute atomic E-state index is 0.0316. The number of rotatable bonds is 12. The summed E-state index contributed by atoms with van der Waals surface area (Å²) in [5, 5.41) is 16.4. The number of nitrogens with zero attached hydrogens (tertiary/aromatic N) is 1. The number of hydrazine groups is 1. The van der Waals surface area contributed by atoms with E-state index in [4.69, 9.17) is 13.9 Å². The summed E-state index contributed by atoms with van der Waals surface area (Å²) in [5.74, 6) is -0.854. The van der Waals surface area contributed by atoms with Gasteiger partial charge in [0, 0.05) is 19.4 Å². The van der Waals surface area contributed by atoms with Gasteiger partial charge in [-0.2, -0.15) is 0 Å². The summed E-state index contributed by atoms with van der Waals surface area (Å²) in [7, 11) is -0.610. The molecule has 3 atom stereocenters. The van der Waals surface area contributed by atoms with Gasteiger partial charge in [-0.1, -0.05) is 45.0 Å². The normalized spacial score (nSPS) is 16.7. The quantitative estimate of drug-likeness (QED) is 0.230. The van der Waals surface area contributed by atoms with Gasteiger partial charge in [0.25, 0.3) is 5.91 Å². The molecule has 0 saturated carbocycles. The molecule has 1 saturated heterocycles. The van der Waals surface area contributed by atoms with Crippen LogP contribution in [0.1, 0.15) is 65.5 Å². The van der Waals surface area contributed by atoms with Gasteiger partial charge in [0.15, 0.2) is 0 Å². The first kappa shape index (κ1) is 38.3. The van der Waals surface area contributed by atoms with Gasteiger partial charge in [-0.15, -0.1) is 0 Å². The lowest BCUT2D eigenvalue weighted by Crippen LogP contribution is -2.61. The molecule has 48 heavy (non-hydrogen) atoms. The van der Waals surface area contributed by atoms with Crippen molar-refractivity contribution in [2.45, 2.75) is 109 Å². The number of benzene rings is 2. The molecule has 3 amide bonds. The van der Waals surface area contributed by atoms with E-state index in [2.05, 4.69) is 49.9 Å². The van der Waals surface area contributed by atoms with Crippen molar-refractivity contribution < 1.29 is 38.2 Å². The van der Waals surface area contributed by atoms with E-state index in [-0.39, 0.29) is 24.4 Å². The fourth-order valence-electron chi connectivity index (χ4n) is 4.86. The predicted molar refractivity (Wildman–Crippen MR) is 185 cm³/mol. The van der Waals surface area contributed by atoms with Gasteiger partial charge in [-0.3, -0.25) is 19.4 Å².